The molecule has 1 aromatic heterocycles. The highest BCUT2D eigenvalue weighted by molar-refractivity contribution is 5.77. The molecule has 0 bridgehead atoms. The van der Waals surface area contributed by atoms with E-state index in [0.717, 1.165) is 24.8 Å². The number of esters is 1. The van der Waals surface area contributed by atoms with Gasteiger partial charge in [0.2, 0.25) is 0 Å². The summed E-state index contributed by atoms with van der Waals surface area (Å²) in [4.78, 5) is 21.1. The van der Waals surface area contributed by atoms with Crippen LogP contribution in [0, 0.1) is 0 Å². The van der Waals surface area contributed by atoms with Crippen molar-refractivity contribution in [2.45, 2.75) is 97.5 Å². The summed E-state index contributed by atoms with van der Waals surface area (Å²) < 4.78 is 16.8. The van der Waals surface area contributed by atoms with Gasteiger partial charge in [-0.2, -0.15) is 0 Å². The van der Waals surface area contributed by atoms with Crippen molar-refractivity contribution in [2.24, 2.45) is 0 Å². The number of carbonyl (C=O) groups excluding carboxylic acids is 1. The number of hydrogen-bond acceptors (Lipinski definition) is 6. The van der Waals surface area contributed by atoms with E-state index in [0.29, 0.717) is 30.5 Å². The average molecular weight is 471 g/mol. The first-order valence-corrected chi connectivity index (χ1v) is 13.0. The molecule has 6 heteroatoms. The summed E-state index contributed by atoms with van der Waals surface area (Å²) in [6.45, 7) is 7.42. The van der Waals surface area contributed by atoms with Crippen molar-refractivity contribution < 1.29 is 19.0 Å². The second-order valence-electron chi connectivity index (χ2n) is 8.73. The highest BCUT2D eigenvalue weighted by Gasteiger charge is 2.16. The molecule has 0 N–H and O–H groups in total. The molecule has 0 saturated carbocycles. The van der Waals surface area contributed by atoms with Crippen molar-refractivity contribution >= 4 is 5.97 Å². The van der Waals surface area contributed by atoms with E-state index in [4.69, 9.17) is 14.2 Å². The maximum absolute atomic E-state index is 12.3. The van der Waals surface area contributed by atoms with E-state index in [1.54, 1.807) is 31.5 Å². The summed E-state index contributed by atoms with van der Waals surface area (Å²) in [7, 11) is 0. The Balaban J connectivity index is 1.71. The van der Waals surface area contributed by atoms with Gasteiger partial charge in [-0.1, -0.05) is 71.6 Å². The van der Waals surface area contributed by atoms with Crippen LogP contribution < -0.4 is 9.47 Å². The van der Waals surface area contributed by atoms with Crippen molar-refractivity contribution in [3.8, 4) is 22.9 Å². The van der Waals surface area contributed by atoms with Crippen LogP contribution in [0.15, 0.2) is 36.7 Å². The summed E-state index contributed by atoms with van der Waals surface area (Å²) >= 11 is 0. The van der Waals surface area contributed by atoms with Gasteiger partial charge < -0.3 is 14.2 Å². The van der Waals surface area contributed by atoms with Gasteiger partial charge in [0.25, 0.3) is 0 Å². The van der Waals surface area contributed by atoms with Gasteiger partial charge in [-0.15, -0.1) is 0 Å². The Morgan fingerprint density at radius 1 is 0.765 bits per heavy atom. The number of hydrogen-bond donors (Lipinski definition) is 0. The fourth-order valence-electron chi connectivity index (χ4n) is 3.52. The van der Waals surface area contributed by atoms with E-state index in [-0.39, 0.29) is 5.97 Å². The lowest BCUT2D eigenvalue weighted by Gasteiger charge is -2.12. The zero-order chi connectivity index (χ0) is 24.4. The van der Waals surface area contributed by atoms with Gasteiger partial charge in [0, 0.05) is 12.2 Å². The van der Waals surface area contributed by atoms with Gasteiger partial charge in [0.1, 0.15) is 5.75 Å². The Morgan fingerprint density at radius 3 is 1.94 bits per heavy atom. The van der Waals surface area contributed by atoms with Gasteiger partial charge in [-0.05, 0) is 44.0 Å². The highest BCUT2D eigenvalue weighted by atomic mass is 16.6. The van der Waals surface area contributed by atoms with E-state index in [1.807, 2.05) is 12.1 Å². The maximum Gasteiger partial charge on any atom is 0.340 e. The molecule has 1 atom stereocenters. The largest absolute Gasteiger partial charge is 0.490 e. The van der Waals surface area contributed by atoms with Crippen molar-refractivity contribution in [1.82, 2.24) is 9.97 Å². The molecule has 2 aromatic rings. The van der Waals surface area contributed by atoms with Crippen LogP contribution >= 0.6 is 0 Å². The zero-order valence-electron chi connectivity index (χ0n) is 21.3. The predicted molar refractivity (Wildman–Crippen MR) is 136 cm³/mol. The average Bonchev–Trinajstić information content (AvgIpc) is 2.86. The number of ether oxygens (including phenoxy) is 3. The summed E-state index contributed by atoms with van der Waals surface area (Å²) in [6.07, 6.45) is 16.0. The Bertz CT molecular complexity index is 793. The molecule has 1 aromatic carbocycles. The summed E-state index contributed by atoms with van der Waals surface area (Å²) in [5.41, 5.74) is 0.846. The second-order valence-corrected chi connectivity index (χ2v) is 8.73. The van der Waals surface area contributed by atoms with Crippen LogP contribution in [-0.2, 0) is 9.53 Å². The van der Waals surface area contributed by atoms with Crippen LogP contribution in [0.1, 0.15) is 91.4 Å². The van der Waals surface area contributed by atoms with E-state index in [1.165, 1.54) is 51.4 Å². The monoisotopic (exact) mass is 470 g/mol. The van der Waals surface area contributed by atoms with E-state index >= 15 is 0 Å². The number of nitrogens with zero attached hydrogens (tertiary/aromatic N) is 2. The van der Waals surface area contributed by atoms with Gasteiger partial charge >= 0.3 is 5.97 Å². The first kappa shape index (κ1) is 27.8. The van der Waals surface area contributed by atoms with Gasteiger partial charge in [0.05, 0.1) is 19.0 Å². The molecule has 1 unspecified atom stereocenters. The quantitative estimate of drug-likeness (QED) is 0.131. The molecule has 2 rings (SSSR count). The lowest BCUT2D eigenvalue weighted by atomic mass is 10.1. The molecule has 0 fully saturated rings. The van der Waals surface area contributed by atoms with E-state index in [2.05, 4.69) is 23.8 Å². The van der Waals surface area contributed by atoms with Crippen LogP contribution in [0.2, 0.25) is 0 Å². The maximum atomic E-state index is 12.3. The minimum Gasteiger partial charge on any atom is -0.490 e. The minimum absolute atomic E-state index is 0.385. The number of carbonyl (C=O) groups is 1. The molecule has 0 aliphatic carbocycles. The van der Waals surface area contributed by atoms with Crippen LogP contribution in [0.4, 0.5) is 0 Å². The second kappa shape index (κ2) is 17.0. The van der Waals surface area contributed by atoms with Crippen molar-refractivity contribution in [3.63, 3.8) is 0 Å². The molecule has 188 valence electrons. The highest BCUT2D eigenvalue weighted by Crippen LogP contribution is 2.21. The molecule has 0 aliphatic heterocycles. The fraction of sp³-hybridized carbons (Fsp3) is 0.607. The summed E-state index contributed by atoms with van der Waals surface area (Å²) in [6, 6.07) is 7.18. The minimum atomic E-state index is -0.585. The molecule has 0 saturated heterocycles. The number of benzene rings is 1. The third-order valence-corrected chi connectivity index (χ3v) is 5.67. The first-order chi connectivity index (χ1) is 16.6. The molecule has 6 nitrogen and oxygen atoms in total. The molecule has 0 aliphatic rings. The van der Waals surface area contributed by atoms with Crippen LogP contribution in [0.25, 0.3) is 11.4 Å². The molecule has 0 amide bonds. The van der Waals surface area contributed by atoms with Crippen molar-refractivity contribution in [2.75, 3.05) is 13.2 Å². The van der Waals surface area contributed by atoms with Gasteiger partial charge in [0.15, 0.2) is 17.7 Å². The lowest BCUT2D eigenvalue weighted by molar-refractivity contribution is -0.146. The normalized spacial score (nSPS) is 11.9. The Kier molecular flexibility index (Phi) is 13.9. The molecule has 34 heavy (non-hydrogen) atoms. The Hall–Kier alpha value is -2.47. The topological polar surface area (TPSA) is 70.5 Å². The lowest BCUT2D eigenvalue weighted by Crippen LogP contribution is -2.26. The van der Waals surface area contributed by atoms with E-state index in [9.17, 15) is 4.79 Å². The molecular weight excluding hydrogens is 428 g/mol. The Morgan fingerprint density at radius 2 is 1.32 bits per heavy atom. The van der Waals surface area contributed by atoms with Crippen molar-refractivity contribution in [1.29, 1.82) is 0 Å². The van der Waals surface area contributed by atoms with Crippen LogP contribution in [-0.4, -0.2) is 35.3 Å². The van der Waals surface area contributed by atoms with Gasteiger partial charge in [-0.3, -0.25) is 0 Å². The van der Waals surface area contributed by atoms with Crippen LogP contribution in [0.5, 0.6) is 11.5 Å². The number of rotatable bonds is 18. The van der Waals surface area contributed by atoms with Crippen molar-refractivity contribution in [3.05, 3.63) is 36.7 Å². The smallest absolute Gasteiger partial charge is 0.340 e. The Labute approximate surface area is 205 Å². The molecule has 1 heterocycles. The number of unbranched alkanes of at least 4 members (excludes halogenated alkanes) is 9. The molecule has 0 spiro atoms. The third-order valence-electron chi connectivity index (χ3n) is 5.67. The standard InChI is InChI=1S/C28H42N2O4/c1-4-6-8-10-12-14-20-33-26-21-29-27(30-22-26)24-15-17-25(18-16-24)34-28(31)23(3)32-19-13-11-9-7-5-2/h15-18,21-23H,4-14,19-20H2,1-3H3. The third kappa shape index (κ3) is 11.1. The van der Waals surface area contributed by atoms with E-state index < -0.39 is 6.10 Å². The molecule has 0 radical (unpaired) electrons. The SMILES string of the molecule is CCCCCCCCOc1cnc(-c2ccc(OC(=O)C(C)OCCCCCCC)cc2)nc1. The van der Waals surface area contributed by atoms with Gasteiger partial charge in [-0.25, -0.2) is 14.8 Å². The fourth-order valence-corrected chi connectivity index (χ4v) is 3.52. The predicted octanol–water partition coefficient (Wildman–Crippen LogP) is 7.16. The summed E-state index contributed by atoms with van der Waals surface area (Å²) in [5, 5.41) is 0. The summed E-state index contributed by atoms with van der Waals surface area (Å²) in [5.74, 6) is 1.38. The molecular formula is C28H42N2O4. The van der Waals surface area contributed by atoms with Crippen LogP contribution in [0.3, 0.4) is 0 Å². The zero-order valence-corrected chi connectivity index (χ0v) is 21.3. The first-order valence-electron chi connectivity index (χ1n) is 13.0. The number of aromatic nitrogens is 2.